The molecule has 6 nitrogen and oxygen atoms in total. The third-order valence-electron chi connectivity index (χ3n) is 5.30. The van der Waals surface area contributed by atoms with Gasteiger partial charge in [-0.1, -0.05) is 37.6 Å². The number of carbonyl (C=O) groups is 1. The number of nitrogens with zero attached hydrogens (tertiary/aromatic N) is 4. The summed E-state index contributed by atoms with van der Waals surface area (Å²) in [6, 6.07) is 14.0. The van der Waals surface area contributed by atoms with Crippen LogP contribution in [0, 0.1) is 0 Å². The first-order valence-electron chi connectivity index (χ1n) is 10.3. The monoisotopic (exact) mass is 409 g/mol. The van der Waals surface area contributed by atoms with Crippen molar-refractivity contribution < 1.29 is 4.79 Å². The molecule has 3 heterocycles. The number of aromatic nitrogens is 3. The lowest BCUT2D eigenvalue weighted by molar-refractivity contribution is 0.0900. The van der Waals surface area contributed by atoms with E-state index >= 15 is 0 Å². The predicted molar refractivity (Wildman–Crippen MR) is 117 cm³/mol. The number of rotatable bonds is 7. The zero-order chi connectivity index (χ0) is 20.1. The summed E-state index contributed by atoms with van der Waals surface area (Å²) in [5.41, 5.74) is 0.895. The van der Waals surface area contributed by atoms with Gasteiger partial charge in [0.2, 0.25) is 5.82 Å². The normalized spacial score (nSPS) is 15.5. The molecule has 0 radical (unpaired) electrons. The summed E-state index contributed by atoms with van der Waals surface area (Å²) in [4.78, 5) is 20.9. The van der Waals surface area contributed by atoms with Crippen LogP contribution in [0.5, 0.6) is 0 Å². The van der Waals surface area contributed by atoms with Crippen LogP contribution in [-0.2, 0) is 0 Å². The van der Waals surface area contributed by atoms with Crippen molar-refractivity contribution in [2.24, 2.45) is 0 Å². The Morgan fingerprint density at radius 1 is 1.17 bits per heavy atom. The summed E-state index contributed by atoms with van der Waals surface area (Å²) in [5.74, 6) is 0.737. The number of unbranched alkanes of at least 4 members (excludes halogenated alkanes) is 1. The fraction of sp³-hybridized carbons (Fsp3) is 0.409. The van der Waals surface area contributed by atoms with E-state index in [0.717, 1.165) is 43.0 Å². The lowest BCUT2D eigenvalue weighted by atomic mass is 10.0. The van der Waals surface area contributed by atoms with E-state index in [1.807, 2.05) is 47.8 Å². The van der Waals surface area contributed by atoms with Gasteiger partial charge in [0.25, 0.3) is 5.91 Å². The zero-order valence-electron chi connectivity index (χ0n) is 16.8. The van der Waals surface area contributed by atoms with Gasteiger partial charge in [-0.3, -0.25) is 4.79 Å². The third kappa shape index (κ3) is 4.74. The third-order valence-corrected chi connectivity index (χ3v) is 6.17. The molecular formula is C22H27N5OS. The van der Waals surface area contributed by atoms with E-state index in [1.54, 1.807) is 16.0 Å². The van der Waals surface area contributed by atoms with Crippen LogP contribution in [0.25, 0.3) is 16.4 Å². The number of para-hydroxylation sites is 1. The maximum absolute atomic E-state index is 12.9. The molecule has 0 saturated carbocycles. The van der Waals surface area contributed by atoms with Gasteiger partial charge < -0.3 is 10.2 Å². The van der Waals surface area contributed by atoms with Gasteiger partial charge in [-0.2, -0.15) is 0 Å². The number of amides is 1. The molecule has 1 N–H and O–H groups in total. The van der Waals surface area contributed by atoms with Gasteiger partial charge in [0, 0.05) is 19.1 Å². The number of benzene rings is 1. The van der Waals surface area contributed by atoms with Crippen molar-refractivity contribution >= 4 is 17.2 Å². The van der Waals surface area contributed by atoms with Crippen LogP contribution < -0.4 is 5.32 Å². The molecule has 4 rings (SSSR count). The molecule has 0 aliphatic carbocycles. The Morgan fingerprint density at radius 3 is 2.66 bits per heavy atom. The van der Waals surface area contributed by atoms with Crippen LogP contribution in [0.1, 0.15) is 43.2 Å². The van der Waals surface area contributed by atoms with Crippen molar-refractivity contribution in [2.75, 3.05) is 19.6 Å². The Hall–Kier alpha value is -2.51. The Bertz CT molecular complexity index is 914. The summed E-state index contributed by atoms with van der Waals surface area (Å²) in [7, 11) is 0. The maximum Gasteiger partial charge on any atom is 0.291 e. The topological polar surface area (TPSA) is 63.1 Å². The maximum atomic E-state index is 12.9. The summed E-state index contributed by atoms with van der Waals surface area (Å²) in [6.45, 7) is 5.46. The van der Waals surface area contributed by atoms with Gasteiger partial charge in [0.05, 0.1) is 10.6 Å². The lowest BCUT2D eigenvalue weighted by Gasteiger charge is -2.32. The van der Waals surface area contributed by atoms with Crippen LogP contribution >= 0.6 is 11.3 Å². The van der Waals surface area contributed by atoms with Gasteiger partial charge in [-0.25, -0.2) is 9.67 Å². The fourth-order valence-electron chi connectivity index (χ4n) is 3.66. The Morgan fingerprint density at radius 2 is 1.97 bits per heavy atom. The molecule has 1 aromatic carbocycles. The largest absolute Gasteiger partial charge is 0.346 e. The average Bonchev–Trinajstić information content (AvgIpc) is 3.44. The first-order chi connectivity index (χ1) is 14.2. The first kappa shape index (κ1) is 19.8. The van der Waals surface area contributed by atoms with Gasteiger partial charge in [0.15, 0.2) is 5.82 Å². The summed E-state index contributed by atoms with van der Waals surface area (Å²) < 4.78 is 1.76. The molecule has 0 atom stereocenters. The summed E-state index contributed by atoms with van der Waals surface area (Å²) in [5, 5.41) is 9.70. The number of likely N-dealkylation sites (tertiary alicyclic amines) is 1. The summed E-state index contributed by atoms with van der Waals surface area (Å²) >= 11 is 1.59. The summed E-state index contributed by atoms with van der Waals surface area (Å²) in [6.07, 6.45) is 4.42. The molecule has 0 bridgehead atoms. The molecule has 0 unspecified atom stereocenters. The number of carbonyl (C=O) groups excluding carboxylic acids is 1. The van der Waals surface area contributed by atoms with Crippen LogP contribution in [0.4, 0.5) is 0 Å². The fourth-order valence-corrected chi connectivity index (χ4v) is 4.35. The second-order valence-corrected chi connectivity index (χ2v) is 8.37. The van der Waals surface area contributed by atoms with Gasteiger partial charge in [-0.15, -0.1) is 16.4 Å². The minimum atomic E-state index is -0.190. The molecule has 1 amide bonds. The van der Waals surface area contributed by atoms with Crippen molar-refractivity contribution in [2.45, 2.75) is 38.6 Å². The van der Waals surface area contributed by atoms with E-state index in [0.29, 0.717) is 5.82 Å². The number of hydrogen-bond acceptors (Lipinski definition) is 5. The highest BCUT2D eigenvalue weighted by atomic mass is 32.1. The molecule has 3 aromatic rings. The van der Waals surface area contributed by atoms with E-state index in [9.17, 15) is 4.79 Å². The van der Waals surface area contributed by atoms with Crippen molar-refractivity contribution in [3.63, 3.8) is 0 Å². The number of nitrogens with one attached hydrogen (secondary N) is 1. The zero-order valence-corrected chi connectivity index (χ0v) is 17.6. The number of piperidine rings is 1. The molecular weight excluding hydrogens is 382 g/mol. The molecule has 0 spiro atoms. The SMILES string of the molecule is CCCCN1CCC(NC(=O)c2nc(-c3cccs3)n(-c3ccccc3)n2)CC1. The molecule has 29 heavy (non-hydrogen) atoms. The number of hydrogen-bond donors (Lipinski definition) is 1. The van der Waals surface area contributed by atoms with Crippen LogP contribution in [-0.4, -0.2) is 51.2 Å². The predicted octanol–water partition coefficient (Wildman–Crippen LogP) is 3.99. The van der Waals surface area contributed by atoms with Crippen molar-refractivity contribution in [1.82, 2.24) is 25.0 Å². The van der Waals surface area contributed by atoms with E-state index < -0.39 is 0 Å². The van der Waals surface area contributed by atoms with Crippen LogP contribution in [0.15, 0.2) is 47.8 Å². The molecule has 1 aliphatic rings. The molecule has 7 heteroatoms. The van der Waals surface area contributed by atoms with Crippen LogP contribution in [0.2, 0.25) is 0 Å². The Labute approximate surface area is 175 Å². The van der Waals surface area contributed by atoms with E-state index in [4.69, 9.17) is 0 Å². The highest BCUT2D eigenvalue weighted by Crippen LogP contribution is 2.25. The first-order valence-corrected chi connectivity index (χ1v) is 11.2. The molecule has 1 fully saturated rings. The molecule has 1 aliphatic heterocycles. The smallest absolute Gasteiger partial charge is 0.291 e. The molecule has 2 aromatic heterocycles. The quantitative estimate of drug-likeness (QED) is 0.641. The van der Waals surface area contributed by atoms with Gasteiger partial charge >= 0.3 is 0 Å². The van der Waals surface area contributed by atoms with Crippen LogP contribution in [0.3, 0.4) is 0 Å². The van der Waals surface area contributed by atoms with E-state index in [2.05, 4.69) is 27.2 Å². The highest BCUT2D eigenvalue weighted by molar-refractivity contribution is 7.13. The minimum absolute atomic E-state index is 0.189. The highest BCUT2D eigenvalue weighted by Gasteiger charge is 2.24. The van der Waals surface area contributed by atoms with Gasteiger partial charge in [-0.05, 0) is 49.4 Å². The van der Waals surface area contributed by atoms with Gasteiger partial charge in [0.1, 0.15) is 0 Å². The second-order valence-electron chi connectivity index (χ2n) is 7.43. The second kappa shape index (κ2) is 9.33. The van der Waals surface area contributed by atoms with E-state index in [-0.39, 0.29) is 17.8 Å². The standard InChI is InChI=1S/C22H27N5OS/c1-2-3-13-26-14-11-17(12-15-26)23-22(28)20-24-21(19-10-7-16-29-19)27(25-20)18-8-5-4-6-9-18/h4-10,16-17H,2-3,11-15H2,1H3,(H,23,28). The van der Waals surface area contributed by atoms with Crippen molar-refractivity contribution in [3.05, 3.63) is 53.7 Å². The molecule has 1 saturated heterocycles. The molecule has 152 valence electrons. The average molecular weight is 410 g/mol. The minimum Gasteiger partial charge on any atom is -0.346 e. The van der Waals surface area contributed by atoms with Crippen molar-refractivity contribution in [1.29, 1.82) is 0 Å². The van der Waals surface area contributed by atoms with Crippen molar-refractivity contribution in [3.8, 4) is 16.4 Å². The Balaban J connectivity index is 1.48. The van der Waals surface area contributed by atoms with E-state index in [1.165, 1.54) is 12.8 Å². The lowest BCUT2D eigenvalue weighted by Crippen LogP contribution is -2.45. The Kier molecular flexibility index (Phi) is 6.36. The number of thiophene rings is 1.